The van der Waals surface area contributed by atoms with Crippen molar-refractivity contribution in [1.29, 1.82) is 0 Å². The molecule has 0 fully saturated rings. The highest BCUT2D eigenvalue weighted by Crippen LogP contribution is 2.27. The van der Waals surface area contributed by atoms with Gasteiger partial charge in [0.25, 0.3) is 11.4 Å². The molecule has 0 aliphatic heterocycles. The average molecular weight is 472 g/mol. The lowest BCUT2D eigenvalue weighted by Crippen LogP contribution is -2.18. The largest absolute Gasteiger partial charge is 0.449 e. The highest BCUT2D eigenvalue weighted by Gasteiger charge is 2.24. The number of carbonyl (C=O) groups excluding carboxylic acids is 1. The third-order valence-electron chi connectivity index (χ3n) is 5.55. The first-order valence-electron chi connectivity index (χ1n) is 10.7. The Labute approximate surface area is 198 Å². The Morgan fingerprint density at radius 2 is 1.71 bits per heavy atom. The first-order chi connectivity index (χ1) is 16.4. The molecular weight excluding hydrogens is 450 g/mol. The van der Waals surface area contributed by atoms with Crippen molar-refractivity contribution in [2.24, 2.45) is 0 Å². The summed E-state index contributed by atoms with van der Waals surface area (Å²) in [6, 6.07) is 18.9. The number of carbonyl (C=O) groups is 1. The second-order valence-electron chi connectivity index (χ2n) is 7.83. The van der Waals surface area contributed by atoms with Crippen molar-refractivity contribution in [1.82, 2.24) is 24.7 Å². The van der Waals surface area contributed by atoms with E-state index in [-0.39, 0.29) is 17.2 Å². The van der Waals surface area contributed by atoms with Crippen molar-refractivity contribution in [3.63, 3.8) is 0 Å². The van der Waals surface area contributed by atoms with Crippen LogP contribution < -0.4 is 5.56 Å². The molecule has 1 atom stereocenters. The summed E-state index contributed by atoms with van der Waals surface area (Å²) >= 11 is 1.44. The predicted octanol–water partition coefficient (Wildman–Crippen LogP) is 4.77. The number of nitrogens with one attached hydrogen (secondary N) is 1. The predicted molar refractivity (Wildman–Crippen MR) is 130 cm³/mol. The molecule has 8 nitrogen and oxygen atoms in total. The van der Waals surface area contributed by atoms with Gasteiger partial charge in [-0.3, -0.25) is 4.79 Å². The summed E-state index contributed by atoms with van der Waals surface area (Å²) in [5.41, 5.74) is 2.24. The van der Waals surface area contributed by atoms with Crippen molar-refractivity contribution in [2.45, 2.75) is 26.9 Å². The van der Waals surface area contributed by atoms with Crippen LogP contribution in [0.5, 0.6) is 0 Å². The van der Waals surface area contributed by atoms with Gasteiger partial charge in [0.05, 0.1) is 11.1 Å². The molecule has 3 aromatic heterocycles. The number of aryl methyl sites for hydroxylation is 2. The van der Waals surface area contributed by atoms with E-state index in [0.29, 0.717) is 16.0 Å². The highest BCUT2D eigenvalue weighted by atomic mass is 32.1. The van der Waals surface area contributed by atoms with Gasteiger partial charge in [-0.15, -0.1) is 16.4 Å². The van der Waals surface area contributed by atoms with Gasteiger partial charge in [0.1, 0.15) is 4.83 Å². The molecule has 5 aromatic rings. The SMILES string of the molecule is Cc1sc2nc(C(C)OC(=O)c3nc(-c4ccccc4)n(-c4ccccc4)n3)[nH]c(=O)c2c1C. The number of nitrogens with zero attached hydrogens (tertiary/aromatic N) is 4. The first-order valence-corrected chi connectivity index (χ1v) is 11.5. The number of esters is 1. The zero-order chi connectivity index (χ0) is 23.8. The molecule has 0 bridgehead atoms. The summed E-state index contributed by atoms with van der Waals surface area (Å²) < 4.78 is 7.21. The lowest BCUT2D eigenvalue weighted by Gasteiger charge is -2.11. The molecule has 9 heteroatoms. The molecule has 5 rings (SSSR count). The van der Waals surface area contributed by atoms with Crippen molar-refractivity contribution < 1.29 is 9.53 Å². The Bertz CT molecular complexity index is 1500. The maximum atomic E-state index is 13.0. The lowest BCUT2D eigenvalue weighted by atomic mass is 10.2. The van der Waals surface area contributed by atoms with Crippen molar-refractivity contribution in [3.8, 4) is 17.1 Å². The van der Waals surface area contributed by atoms with E-state index in [0.717, 1.165) is 21.7 Å². The van der Waals surface area contributed by atoms with Gasteiger partial charge in [-0.1, -0.05) is 48.5 Å². The Morgan fingerprint density at radius 3 is 2.41 bits per heavy atom. The van der Waals surface area contributed by atoms with Crippen molar-refractivity contribution in [3.05, 3.63) is 93.1 Å². The third kappa shape index (κ3) is 3.90. The fraction of sp³-hybridized carbons (Fsp3) is 0.160. The van der Waals surface area contributed by atoms with Gasteiger partial charge in [-0.25, -0.2) is 19.4 Å². The Morgan fingerprint density at radius 1 is 1.03 bits per heavy atom. The van der Waals surface area contributed by atoms with Gasteiger partial charge in [0.15, 0.2) is 17.8 Å². The second kappa shape index (κ2) is 8.68. The molecule has 1 unspecified atom stereocenters. The van der Waals surface area contributed by atoms with E-state index in [1.54, 1.807) is 11.6 Å². The summed E-state index contributed by atoms with van der Waals surface area (Å²) in [6.07, 6.45) is -0.795. The molecule has 170 valence electrons. The molecule has 0 aliphatic carbocycles. The zero-order valence-electron chi connectivity index (χ0n) is 18.8. The number of benzene rings is 2. The molecule has 0 aliphatic rings. The van der Waals surface area contributed by atoms with Gasteiger partial charge in [0, 0.05) is 10.4 Å². The number of hydrogen-bond acceptors (Lipinski definition) is 7. The molecule has 0 saturated carbocycles. The Hall–Kier alpha value is -4.11. The van der Waals surface area contributed by atoms with Crippen LogP contribution in [0, 0.1) is 13.8 Å². The quantitative estimate of drug-likeness (QED) is 0.371. The monoisotopic (exact) mass is 471 g/mol. The van der Waals surface area contributed by atoms with E-state index in [4.69, 9.17) is 4.74 Å². The maximum absolute atomic E-state index is 13.0. The van der Waals surface area contributed by atoms with Crippen LogP contribution in [0.25, 0.3) is 27.3 Å². The number of para-hydroxylation sites is 1. The molecule has 34 heavy (non-hydrogen) atoms. The molecule has 2 aromatic carbocycles. The van der Waals surface area contributed by atoms with Crippen molar-refractivity contribution in [2.75, 3.05) is 0 Å². The van der Waals surface area contributed by atoms with E-state index in [9.17, 15) is 9.59 Å². The minimum absolute atomic E-state index is 0.0826. The van der Waals surface area contributed by atoms with Crippen LogP contribution in [0.4, 0.5) is 0 Å². The smallest absolute Gasteiger partial charge is 0.378 e. The fourth-order valence-corrected chi connectivity index (χ4v) is 4.69. The summed E-state index contributed by atoms with van der Waals surface area (Å²) in [5.74, 6) is 0.00297. The van der Waals surface area contributed by atoms with Gasteiger partial charge < -0.3 is 9.72 Å². The number of aromatic amines is 1. The zero-order valence-corrected chi connectivity index (χ0v) is 19.6. The van der Waals surface area contributed by atoms with Crippen LogP contribution >= 0.6 is 11.3 Å². The number of thiophene rings is 1. The molecule has 0 amide bonds. The van der Waals surface area contributed by atoms with Gasteiger partial charge in [0.2, 0.25) is 0 Å². The molecule has 1 N–H and O–H groups in total. The van der Waals surface area contributed by atoms with Crippen LogP contribution in [0.2, 0.25) is 0 Å². The fourth-order valence-electron chi connectivity index (χ4n) is 3.65. The minimum atomic E-state index is -0.795. The summed E-state index contributed by atoms with van der Waals surface area (Å²) in [6.45, 7) is 5.50. The van der Waals surface area contributed by atoms with Crippen LogP contribution in [-0.2, 0) is 4.74 Å². The van der Waals surface area contributed by atoms with Crippen LogP contribution in [0.15, 0.2) is 65.5 Å². The lowest BCUT2D eigenvalue weighted by molar-refractivity contribution is 0.0305. The number of aromatic nitrogens is 5. The summed E-state index contributed by atoms with van der Waals surface area (Å²) in [7, 11) is 0. The first kappa shape index (κ1) is 21.7. The number of hydrogen-bond donors (Lipinski definition) is 1. The Kier molecular flexibility index (Phi) is 5.54. The molecule has 3 heterocycles. The van der Waals surface area contributed by atoms with Gasteiger partial charge in [-0.05, 0) is 38.5 Å². The summed E-state index contributed by atoms with van der Waals surface area (Å²) in [5, 5.41) is 5.00. The molecule has 0 saturated heterocycles. The van der Waals surface area contributed by atoms with E-state index in [1.165, 1.54) is 11.3 Å². The second-order valence-corrected chi connectivity index (χ2v) is 9.04. The maximum Gasteiger partial charge on any atom is 0.378 e. The van der Waals surface area contributed by atoms with Gasteiger partial charge in [-0.2, -0.15) is 0 Å². The third-order valence-corrected chi connectivity index (χ3v) is 6.65. The number of rotatable bonds is 5. The van der Waals surface area contributed by atoms with Gasteiger partial charge >= 0.3 is 5.97 Å². The Balaban J connectivity index is 1.48. The van der Waals surface area contributed by atoms with Crippen LogP contribution in [0.1, 0.15) is 39.9 Å². The highest BCUT2D eigenvalue weighted by molar-refractivity contribution is 7.18. The minimum Gasteiger partial charge on any atom is -0.449 e. The van der Waals surface area contributed by atoms with E-state index in [2.05, 4.69) is 20.1 Å². The number of fused-ring (bicyclic) bond motifs is 1. The van der Waals surface area contributed by atoms with E-state index < -0.39 is 12.1 Å². The van der Waals surface area contributed by atoms with E-state index in [1.807, 2.05) is 74.5 Å². The normalized spacial score (nSPS) is 12.1. The summed E-state index contributed by atoms with van der Waals surface area (Å²) in [4.78, 5) is 39.0. The standard InChI is InChI=1S/C25H21N5O3S/c1-14-16(3)34-24-19(14)23(31)27-20(28-24)15(2)33-25(32)21-26-22(17-10-6-4-7-11-17)30(29-21)18-12-8-5-9-13-18/h4-13,15H,1-3H3,(H,27,28,31). The topological polar surface area (TPSA) is 103 Å². The molecular formula is C25H21N5O3S. The number of ether oxygens (including phenoxy) is 1. The van der Waals surface area contributed by atoms with Crippen LogP contribution in [0.3, 0.4) is 0 Å². The average Bonchev–Trinajstić information content (AvgIpc) is 3.42. The number of H-pyrrole nitrogens is 1. The molecule has 0 radical (unpaired) electrons. The van der Waals surface area contributed by atoms with Crippen molar-refractivity contribution >= 4 is 27.5 Å². The van der Waals surface area contributed by atoms with E-state index >= 15 is 0 Å². The molecule has 0 spiro atoms. The van der Waals surface area contributed by atoms with Crippen LogP contribution in [-0.4, -0.2) is 30.7 Å².